The van der Waals surface area contributed by atoms with Crippen LogP contribution in [-0.4, -0.2) is 23.4 Å². The molecule has 0 aromatic heterocycles. The van der Waals surface area contributed by atoms with Crippen molar-refractivity contribution in [1.82, 2.24) is 0 Å². The Labute approximate surface area is 67.6 Å². The van der Waals surface area contributed by atoms with Crippen LogP contribution in [0.25, 0.3) is 0 Å². The van der Waals surface area contributed by atoms with E-state index < -0.39 is 5.60 Å². The van der Waals surface area contributed by atoms with Crippen molar-refractivity contribution < 1.29 is 9.84 Å². The maximum absolute atomic E-state index is 10.2. The summed E-state index contributed by atoms with van der Waals surface area (Å²) in [5, 5.41) is 10.2. The van der Waals surface area contributed by atoms with E-state index in [4.69, 9.17) is 4.74 Å². The second kappa shape index (κ2) is 2.46. The molecule has 1 N–H and O–H groups in total. The van der Waals surface area contributed by atoms with Crippen molar-refractivity contribution in [3.63, 3.8) is 0 Å². The Morgan fingerprint density at radius 1 is 1.45 bits per heavy atom. The van der Waals surface area contributed by atoms with Crippen molar-refractivity contribution in [2.45, 2.75) is 44.3 Å². The van der Waals surface area contributed by atoms with Gasteiger partial charge in [0.1, 0.15) is 0 Å². The highest BCUT2D eigenvalue weighted by atomic mass is 16.5. The molecule has 0 aromatic rings. The quantitative estimate of drug-likeness (QED) is 0.573. The molecule has 3 atom stereocenters. The highest BCUT2D eigenvalue weighted by Gasteiger charge is 2.48. The van der Waals surface area contributed by atoms with E-state index in [1.165, 1.54) is 12.8 Å². The van der Waals surface area contributed by atoms with Gasteiger partial charge in [-0.05, 0) is 12.8 Å². The first-order valence-corrected chi connectivity index (χ1v) is 4.57. The van der Waals surface area contributed by atoms with Crippen LogP contribution in [0, 0.1) is 5.92 Å². The number of aliphatic hydroxyl groups is 1. The maximum Gasteiger partial charge on any atom is 0.0955 e. The molecule has 2 heteroatoms. The van der Waals surface area contributed by atoms with Gasteiger partial charge in [0.15, 0.2) is 0 Å². The lowest BCUT2D eigenvalue weighted by Crippen LogP contribution is -2.44. The summed E-state index contributed by atoms with van der Waals surface area (Å²) in [6.07, 6.45) is 4.53. The van der Waals surface area contributed by atoms with Gasteiger partial charge >= 0.3 is 0 Å². The topological polar surface area (TPSA) is 29.5 Å². The first kappa shape index (κ1) is 7.56. The summed E-state index contributed by atoms with van der Waals surface area (Å²) in [6, 6.07) is 0. The summed E-state index contributed by atoms with van der Waals surface area (Å²) in [4.78, 5) is 0. The molecule has 0 amide bonds. The van der Waals surface area contributed by atoms with Crippen LogP contribution in [0.5, 0.6) is 0 Å². The Morgan fingerprint density at radius 2 is 2.27 bits per heavy atom. The van der Waals surface area contributed by atoms with Crippen LogP contribution < -0.4 is 0 Å². The van der Waals surface area contributed by atoms with E-state index in [2.05, 4.69) is 6.92 Å². The molecule has 64 valence electrons. The molecule has 1 heterocycles. The van der Waals surface area contributed by atoms with Crippen molar-refractivity contribution >= 4 is 0 Å². The van der Waals surface area contributed by atoms with Crippen molar-refractivity contribution in [1.29, 1.82) is 0 Å². The zero-order valence-corrected chi connectivity index (χ0v) is 7.05. The predicted molar refractivity (Wildman–Crippen MR) is 42.3 cm³/mol. The van der Waals surface area contributed by atoms with E-state index >= 15 is 0 Å². The van der Waals surface area contributed by atoms with E-state index in [9.17, 15) is 5.11 Å². The molecule has 0 aromatic carbocycles. The lowest BCUT2D eigenvalue weighted by molar-refractivity contribution is -0.0758. The van der Waals surface area contributed by atoms with Crippen LogP contribution in [0.15, 0.2) is 0 Å². The van der Waals surface area contributed by atoms with E-state index in [1.807, 2.05) is 0 Å². The minimum Gasteiger partial charge on any atom is -0.387 e. The minimum absolute atomic E-state index is 0.145. The van der Waals surface area contributed by atoms with Gasteiger partial charge in [0.2, 0.25) is 0 Å². The molecule has 2 nitrogen and oxygen atoms in total. The van der Waals surface area contributed by atoms with E-state index in [-0.39, 0.29) is 6.10 Å². The van der Waals surface area contributed by atoms with Gasteiger partial charge in [0, 0.05) is 5.92 Å². The maximum atomic E-state index is 10.2. The van der Waals surface area contributed by atoms with Crippen molar-refractivity contribution in [2.75, 3.05) is 6.61 Å². The smallest absolute Gasteiger partial charge is 0.0955 e. The van der Waals surface area contributed by atoms with Crippen LogP contribution in [-0.2, 0) is 4.74 Å². The van der Waals surface area contributed by atoms with Gasteiger partial charge in [-0.15, -0.1) is 0 Å². The molecule has 0 unspecified atom stereocenters. The summed E-state index contributed by atoms with van der Waals surface area (Å²) in [5.74, 6) is 0.341. The van der Waals surface area contributed by atoms with Crippen LogP contribution in [0.3, 0.4) is 0 Å². The van der Waals surface area contributed by atoms with Crippen LogP contribution in [0.1, 0.15) is 32.6 Å². The van der Waals surface area contributed by atoms with Crippen LogP contribution >= 0.6 is 0 Å². The van der Waals surface area contributed by atoms with Crippen molar-refractivity contribution in [2.24, 2.45) is 5.92 Å². The highest BCUT2D eigenvalue weighted by Crippen LogP contribution is 2.41. The summed E-state index contributed by atoms with van der Waals surface area (Å²) < 4.78 is 5.52. The van der Waals surface area contributed by atoms with Gasteiger partial charge in [-0.3, -0.25) is 0 Å². The molecular weight excluding hydrogens is 140 g/mol. The molecule has 0 spiro atoms. The third-order valence-corrected chi connectivity index (χ3v) is 3.25. The fraction of sp³-hybridized carbons (Fsp3) is 1.00. The monoisotopic (exact) mass is 156 g/mol. The van der Waals surface area contributed by atoms with Gasteiger partial charge in [0.25, 0.3) is 0 Å². The minimum atomic E-state index is -0.474. The third kappa shape index (κ3) is 1.00. The zero-order valence-electron chi connectivity index (χ0n) is 7.05. The molecule has 2 rings (SSSR count). The summed E-state index contributed by atoms with van der Waals surface area (Å²) in [7, 11) is 0. The molecule has 2 aliphatic rings. The Hall–Kier alpha value is -0.0800. The van der Waals surface area contributed by atoms with Crippen LogP contribution in [0.4, 0.5) is 0 Å². The molecule has 1 saturated heterocycles. The van der Waals surface area contributed by atoms with Gasteiger partial charge in [-0.2, -0.15) is 0 Å². The number of hydrogen-bond acceptors (Lipinski definition) is 2. The van der Waals surface area contributed by atoms with Gasteiger partial charge in [-0.1, -0.05) is 19.8 Å². The average molecular weight is 156 g/mol. The van der Waals surface area contributed by atoms with Gasteiger partial charge in [0.05, 0.1) is 18.3 Å². The highest BCUT2D eigenvalue weighted by molar-refractivity contribution is 4.98. The normalized spacial score (nSPS) is 50.7. The molecule has 1 aliphatic carbocycles. The second-order valence-electron chi connectivity index (χ2n) is 3.96. The fourth-order valence-corrected chi connectivity index (χ4v) is 2.35. The molecular formula is C9H16O2. The lowest BCUT2D eigenvalue weighted by atomic mass is 9.77. The van der Waals surface area contributed by atoms with E-state index in [1.54, 1.807) is 0 Å². The molecule has 11 heavy (non-hydrogen) atoms. The number of ether oxygens (including phenoxy) is 1. The third-order valence-electron chi connectivity index (χ3n) is 3.25. The van der Waals surface area contributed by atoms with E-state index in [0.29, 0.717) is 5.92 Å². The molecule has 1 saturated carbocycles. The number of fused-ring (bicyclic) bond motifs is 1. The summed E-state index contributed by atoms with van der Waals surface area (Å²) >= 11 is 0. The molecule has 0 bridgehead atoms. The van der Waals surface area contributed by atoms with Crippen molar-refractivity contribution in [3.05, 3.63) is 0 Å². The number of rotatable bonds is 0. The second-order valence-corrected chi connectivity index (χ2v) is 3.96. The largest absolute Gasteiger partial charge is 0.387 e. The van der Waals surface area contributed by atoms with E-state index in [0.717, 1.165) is 19.4 Å². The zero-order chi connectivity index (χ0) is 7.90. The first-order valence-electron chi connectivity index (χ1n) is 4.57. The van der Waals surface area contributed by atoms with Crippen LogP contribution in [0.2, 0.25) is 0 Å². The summed E-state index contributed by atoms with van der Waals surface area (Å²) in [6.45, 7) is 2.84. The standard InChI is InChI=1S/C9H16O2/c1-7-6-11-8-4-2-3-5-9(7,8)10/h7-8,10H,2-6H2,1H3/t7-,8-,9+/m0/s1. The van der Waals surface area contributed by atoms with Gasteiger partial charge in [-0.25, -0.2) is 0 Å². The Bertz CT molecular complexity index is 156. The van der Waals surface area contributed by atoms with Gasteiger partial charge < -0.3 is 9.84 Å². The number of hydrogen-bond donors (Lipinski definition) is 1. The fourth-order valence-electron chi connectivity index (χ4n) is 2.35. The molecule has 1 aliphatic heterocycles. The summed E-state index contributed by atoms with van der Waals surface area (Å²) in [5.41, 5.74) is -0.474. The Kier molecular flexibility index (Phi) is 1.69. The predicted octanol–water partition coefficient (Wildman–Crippen LogP) is 1.33. The lowest BCUT2D eigenvalue weighted by Gasteiger charge is -2.35. The first-order chi connectivity index (χ1) is 5.23. The Morgan fingerprint density at radius 3 is 3.00 bits per heavy atom. The SMILES string of the molecule is C[C@H]1CO[C@H]2CCCC[C@]21O. The average Bonchev–Trinajstić information content (AvgIpc) is 2.29. The Balaban J connectivity index is 2.16. The van der Waals surface area contributed by atoms with Crippen molar-refractivity contribution in [3.8, 4) is 0 Å². The molecule has 0 radical (unpaired) electrons. The molecule has 2 fully saturated rings.